The first-order valence-corrected chi connectivity index (χ1v) is 8.77. The lowest BCUT2D eigenvalue weighted by molar-refractivity contribution is 0.0388. The van der Waals surface area contributed by atoms with Gasteiger partial charge in [0.15, 0.2) is 0 Å². The monoisotopic (exact) mass is 334 g/mol. The summed E-state index contributed by atoms with van der Waals surface area (Å²) >= 11 is 0. The summed E-state index contributed by atoms with van der Waals surface area (Å²) in [5.74, 6) is 0. The van der Waals surface area contributed by atoms with Gasteiger partial charge in [0, 0.05) is 20.2 Å². The van der Waals surface area contributed by atoms with E-state index >= 15 is 0 Å². The number of fused-ring (bicyclic) bond motifs is 1. The van der Waals surface area contributed by atoms with E-state index in [1.807, 2.05) is 0 Å². The molecule has 0 heterocycles. The van der Waals surface area contributed by atoms with Crippen LogP contribution in [-0.2, 0) is 11.2 Å². The smallest absolute Gasteiger partial charge is 0.317 e. The predicted molar refractivity (Wildman–Crippen MR) is 95.0 cm³/mol. The van der Waals surface area contributed by atoms with Gasteiger partial charge in [-0.15, -0.1) is 0 Å². The normalized spacial score (nSPS) is 17.2. The van der Waals surface area contributed by atoms with Gasteiger partial charge in [-0.2, -0.15) is 0 Å². The van der Waals surface area contributed by atoms with Gasteiger partial charge in [0.05, 0.1) is 18.2 Å². The highest BCUT2D eigenvalue weighted by Crippen LogP contribution is 2.32. The van der Waals surface area contributed by atoms with E-state index in [4.69, 9.17) is 4.74 Å². The molecule has 1 aromatic carbocycles. The molecule has 0 saturated carbocycles. The number of nitrogens with one attached hydrogen (secondary N) is 1. The highest BCUT2D eigenvalue weighted by Gasteiger charge is 2.20. The number of hydrogen-bond donors (Lipinski definition) is 2. The van der Waals surface area contributed by atoms with Gasteiger partial charge in [0.2, 0.25) is 0 Å². The molecule has 0 saturated heterocycles. The van der Waals surface area contributed by atoms with Crippen molar-refractivity contribution in [3.63, 3.8) is 0 Å². The lowest BCUT2D eigenvalue weighted by Gasteiger charge is -2.26. The van der Waals surface area contributed by atoms with E-state index in [0.29, 0.717) is 19.7 Å². The molecule has 2 amide bonds. The van der Waals surface area contributed by atoms with Gasteiger partial charge in [-0.3, -0.25) is 0 Å². The average molecular weight is 334 g/mol. The maximum atomic E-state index is 11.9. The number of aliphatic hydroxyl groups is 1. The highest BCUT2D eigenvalue weighted by molar-refractivity contribution is 5.73. The summed E-state index contributed by atoms with van der Waals surface area (Å²) in [5, 5.41) is 12.6. The molecule has 0 aromatic heterocycles. The van der Waals surface area contributed by atoms with Crippen molar-refractivity contribution in [3.8, 4) is 0 Å². The summed E-state index contributed by atoms with van der Waals surface area (Å²) < 4.78 is 6.03. The van der Waals surface area contributed by atoms with Crippen molar-refractivity contribution in [2.24, 2.45) is 0 Å². The summed E-state index contributed by atoms with van der Waals surface area (Å²) in [7, 11) is 1.68. The van der Waals surface area contributed by atoms with Gasteiger partial charge in [0.25, 0.3) is 0 Å². The minimum absolute atomic E-state index is 0.167. The second kappa shape index (κ2) is 8.49. The van der Waals surface area contributed by atoms with Crippen LogP contribution in [0.15, 0.2) is 24.3 Å². The third kappa shape index (κ3) is 5.80. The van der Waals surface area contributed by atoms with Crippen LogP contribution < -0.4 is 5.32 Å². The fraction of sp³-hybridized carbons (Fsp3) is 0.632. The molecular weight excluding hydrogens is 304 g/mol. The third-order valence-corrected chi connectivity index (χ3v) is 4.20. The minimum Gasteiger partial charge on any atom is -0.389 e. The maximum Gasteiger partial charge on any atom is 0.317 e. The Hall–Kier alpha value is -1.59. The van der Waals surface area contributed by atoms with Crippen molar-refractivity contribution in [1.82, 2.24) is 10.2 Å². The Labute approximate surface area is 145 Å². The number of urea groups is 1. The number of hydrogen-bond acceptors (Lipinski definition) is 3. The Morgan fingerprint density at radius 2 is 2.17 bits per heavy atom. The Morgan fingerprint density at radius 3 is 2.92 bits per heavy atom. The molecule has 0 radical (unpaired) electrons. The van der Waals surface area contributed by atoms with E-state index < -0.39 is 5.60 Å². The van der Waals surface area contributed by atoms with E-state index in [1.54, 1.807) is 20.9 Å². The van der Waals surface area contributed by atoms with Crippen molar-refractivity contribution < 1.29 is 14.6 Å². The summed E-state index contributed by atoms with van der Waals surface area (Å²) in [6.45, 7) is 4.88. The standard InChI is InChI=1S/C19H30N2O3/c1-19(2,23)14-21(3)18(22)20-12-7-13-24-17-11-6-9-15-8-4-5-10-16(15)17/h4-5,8,10,17,23H,6-7,9,11-14H2,1-3H3,(H,20,22). The van der Waals surface area contributed by atoms with Crippen LogP contribution in [0.5, 0.6) is 0 Å². The number of carbonyl (C=O) groups is 1. The lowest BCUT2D eigenvalue weighted by Crippen LogP contribution is -2.44. The minimum atomic E-state index is -0.885. The van der Waals surface area contributed by atoms with Crippen LogP contribution in [0.1, 0.15) is 50.3 Å². The van der Waals surface area contributed by atoms with E-state index in [9.17, 15) is 9.90 Å². The first-order valence-electron chi connectivity index (χ1n) is 8.77. The van der Waals surface area contributed by atoms with Crippen LogP contribution in [0.3, 0.4) is 0 Å². The SMILES string of the molecule is CN(CC(C)(C)O)C(=O)NCCCOC1CCCc2ccccc21. The molecule has 24 heavy (non-hydrogen) atoms. The Morgan fingerprint density at radius 1 is 1.42 bits per heavy atom. The molecule has 1 aromatic rings. The number of aryl methyl sites for hydroxylation is 1. The third-order valence-electron chi connectivity index (χ3n) is 4.20. The molecule has 2 N–H and O–H groups in total. The number of rotatable bonds is 7. The molecule has 1 aliphatic rings. The number of ether oxygens (including phenoxy) is 1. The van der Waals surface area contributed by atoms with Gasteiger partial charge in [0.1, 0.15) is 0 Å². The molecule has 0 aliphatic heterocycles. The van der Waals surface area contributed by atoms with Crippen molar-refractivity contribution in [2.75, 3.05) is 26.7 Å². The molecule has 2 rings (SSSR count). The Balaban J connectivity index is 1.66. The maximum absolute atomic E-state index is 11.9. The van der Waals surface area contributed by atoms with E-state index in [-0.39, 0.29) is 12.1 Å². The molecule has 1 unspecified atom stereocenters. The number of nitrogens with zero attached hydrogens (tertiary/aromatic N) is 1. The van der Waals surface area contributed by atoms with Crippen molar-refractivity contribution >= 4 is 6.03 Å². The Bertz CT molecular complexity index is 540. The summed E-state index contributed by atoms with van der Waals surface area (Å²) in [4.78, 5) is 13.4. The molecule has 0 fully saturated rings. The zero-order valence-electron chi connectivity index (χ0n) is 15.0. The number of benzene rings is 1. The van der Waals surface area contributed by atoms with Gasteiger partial charge < -0.3 is 20.1 Å². The molecule has 0 spiro atoms. The molecule has 134 valence electrons. The predicted octanol–water partition coefficient (Wildman–Crippen LogP) is 2.88. The lowest BCUT2D eigenvalue weighted by atomic mass is 9.89. The second-order valence-corrected chi connectivity index (χ2v) is 7.20. The van der Waals surface area contributed by atoms with Crippen LogP contribution in [0.25, 0.3) is 0 Å². The van der Waals surface area contributed by atoms with E-state index in [2.05, 4.69) is 29.6 Å². The van der Waals surface area contributed by atoms with Crippen LogP contribution in [0.2, 0.25) is 0 Å². The van der Waals surface area contributed by atoms with Crippen molar-refractivity contribution in [2.45, 2.75) is 51.2 Å². The van der Waals surface area contributed by atoms with Crippen molar-refractivity contribution in [1.29, 1.82) is 0 Å². The number of likely N-dealkylation sites (N-methyl/N-ethyl adjacent to an activating group) is 1. The zero-order valence-corrected chi connectivity index (χ0v) is 15.0. The molecule has 1 atom stereocenters. The van der Waals surface area contributed by atoms with Gasteiger partial charge in [-0.25, -0.2) is 4.79 Å². The zero-order chi connectivity index (χ0) is 17.6. The number of carbonyl (C=O) groups excluding carboxylic acids is 1. The van der Waals surface area contributed by atoms with Crippen LogP contribution in [-0.4, -0.2) is 48.4 Å². The summed E-state index contributed by atoms with van der Waals surface area (Å²) in [6.07, 6.45) is 4.33. The summed E-state index contributed by atoms with van der Waals surface area (Å²) in [6, 6.07) is 8.33. The molecule has 5 nitrogen and oxygen atoms in total. The van der Waals surface area contributed by atoms with Crippen LogP contribution in [0.4, 0.5) is 4.79 Å². The average Bonchev–Trinajstić information content (AvgIpc) is 2.53. The van der Waals surface area contributed by atoms with Crippen LogP contribution >= 0.6 is 0 Å². The number of amides is 2. The molecule has 1 aliphatic carbocycles. The topological polar surface area (TPSA) is 61.8 Å². The summed E-state index contributed by atoms with van der Waals surface area (Å²) in [5.41, 5.74) is 1.83. The quantitative estimate of drug-likeness (QED) is 0.754. The molecule has 0 bridgehead atoms. The first kappa shape index (κ1) is 18.7. The molecule has 5 heteroatoms. The largest absolute Gasteiger partial charge is 0.389 e. The van der Waals surface area contributed by atoms with Gasteiger partial charge >= 0.3 is 6.03 Å². The fourth-order valence-corrected chi connectivity index (χ4v) is 3.16. The van der Waals surface area contributed by atoms with Gasteiger partial charge in [-0.05, 0) is 50.7 Å². The van der Waals surface area contributed by atoms with E-state index in [0.717, 1.165) is 19.3 Å². The van der Waals surface area contributed by atoms with Crippen molar-refractivity contribution in [3.05, 3.63) is 35.4 Å². The van der Waals surface area contributed by atoms with Gasteiger partial charge in [-0.1, -0.05) is 24.3 Å². The highest BCUT2D eigenvalue weighted by atomic mass is 16.5. The first-order chi connectivity index (χ1) is 11.4. The second-order valence-electron chi connectivity index (χ2n) is 7.20. The van der Waals surface area contributed by atoms with Crippen LogP contribution in [0, 0.1) is 0 Å². The fourth-order valence-electron chi connectivity index (χ4n) is 3.16. The molecular formula is C19H30N2O3. The Kier molecular flexibility index (Phi) is 6.63. The van der Waals surface area contributed by atoms with E-state index in [1.165, 1.54) is 22.4 Å².